The minimum atomic E-state index is -0.835. The van der Waals surface area contributed by atoms with Crippen molar-refractivity contribution in [1.82, 2.24) is 0 Å². The van der Waals surface area contributed by atoms with Crippen molar-refractivity contribution < 1.29 is 23.9 Å². The summed E-state index contributed by atoms with van der Waals surface area (Å²) >= 11 is 0. The lowest BCUT2D eigenvalue weighted by molar-refractivity contribution is -0.157. The van der Waals surface area contributed by atoms with Crippen LogP contribution in [-0.2, 0) is 19.1 Å². The summed E-state index contributed by atoms with van der Waals surface area (Å²) in [5.74, 6) is -1.43. The maximum Gasteiger partial charge on any atom is 0.338 e. The van der Waals surface area contributed by atoms with Gasteiger partial charge in [0.1, 0.15) is 12.2 Å². The number of benzene rings is 1. The summed E-state index contributed by atoms with van der Waals surface area (Å²) < 4.78 is 12.0. The molecule has 1 aromatic rings. The summed E-state index contributed by atoms with van der Waals surface area (Å²) in [6.45, 7) is 16.0. The molecule has 34 heavy (non-hydrogen) atoms. The van der Waals surface area contributed by atoms with Gasteiger partial charge in [0.05, 0.1) is 16.9 Å². The molecule has 5 heteroatoms. The van der Waals surface area contributed by atoms with Crippen LogP contribution in [0.4, 0.5) is 0 Å². The lowest BCUT2D eigenvalue weighted by Crippen LogP contribution is -2.52. The number of ether oxygens (including phenoxy) is 2. The third-order valence-corrected chi connectivity index (χ3v) is 8.12. The average molecular weight is 463 g/mol. The zero-order valence-electron chi connectivity index (χ0n) is 20.5. The van der Waals surface area contributed by atoms with Crippen molar-refractivity contribution in [2.75, 3.05) is 0 Å². The molecule has 2 fully saturated rings. The molecule has 4 rings (SSSR count). The maximum absolute atomic E-state index is 13.8. The number of rotatable bonds is 4. The Hall–Kier alpha value is -2.95. The van der Waals surface area contributed by atoms with Crippen LogP contribution in [0, 0.1) is 29.1 Å². The van der Waals surface area contributed by atoms with Gasteiger partial charge in [0, 0.05) is 6.92 Å². The number of esters is 2. The molecule has 0 heterocycles. The van der Waals surface area contributed by atoms with E-state index < -0.39 is 35.5 Å². The van der Waals surface area contributed by atoms with E-state index in [1.165, 1.54) is 6.92 Å². The first-order valence-electron chi connectivity index (χ1n) is 12.1. The van der Waals surface area contributed by atoms with Crippen molar-refractivity contribution in [3.63, 3.8) is 0 Å². The predicted molar refractivity (Wildman–Crippen MR) is 130 cm³/mol. The number of ketones is 1. The van der Waals surface area contributed by atoms with Crippen LogP contribution in [0.1, 0.15) is 57.3 Å². The van der Waals surface area contributed by atoms with Gasteiger partial charge >= 0.3 is 11.9 Å². The fourth-order valence-corrected chi connectivity index (χ4v) is 6.87. The van der Waals surface area contributed by atoms with Crippen LogP contribution < -0.4 is 0 Å². The molecule has 7 atom stereocenters. The van der Waals surface area contributed by atoms with E-state index in [4.69, 9.17) is 9.47 Å². The quantitative estimate of drug-likeness (QED) is 0.438. The lowest BCUT2D eigenvalue weighted by atomic mass is 9.57. The van der Waals surface area contributed by atoms with E-state index in [1.807, 2.05) is 26.8 Å². The molecule has 0 aliphatic heterocycles. The third kappa shape index (κ3) is 3.85. The number of hydrogen-bond acceptors (Lipinski definition) is 5. The molecule has 0 N–H and O–H groups in total. The van der Waals surface area contributed by atoms with Crippen molar-refractivity contribution in [2.45, 2.75) is 59.2 Å². The Morgan fingerprint density at radius 1 is 1.12 bits per heavy atom. The van der Waals surface area contributed by atoms with Crippen LogP contribution in [0.25, 0.3) is 0 Å². The van der Waals surface area contributed by atoms with E-state index in [9.17, 15) is 14.4 Å². The van der Waals surface area contributed by atoms with Gasteiger partial charge in [-0.1, -0.05) is 49.4 Å². The van der Waals surface area contributed by atoms with Gasteiger partial charge in [-0.2, -0.15) is 0 Å². The maximum atomic E-state index is 13.8. The van der Waals surface area contributed by atoms with E-state index in [0.29, 0.717) is 18.4 Å². The summed E-state index contributed by atoms with van der Waals surface area (Å²) in [6.07, 6.45) is 2.44. The largest absolute Gasteiger partial charge is 0.458 e. The highest BCUT2D eigenvalue weighted by Crippen LogP contribution is 2.64. The number of carbonyl (C=O) groups excluding carboxylic acids is 3. The SMILES string of the molecule is C=C(C)[C@H]1CCC(=C)[C@H](OC(C)=O)C2[C@@H](OC(=O)c3ccccc3)[C@@H](C)CC23C(=O)C=C(C)C13. The fourth-order valence-electron chi connectivity index (χ4n) is 6.87. The fraction of sp³-hybridized carbons (Fsp3) is 0.483. The summed E-state index contributed by atoms with van der Waals surface area (Å²) in [7, 11) is 0. The van der Waals surface area contributed by atoms with Crippen molar-refractivity contribution in [3.8, 4) is 0 Å². The van der Waals surface area contributed by atoms with Gasteiger partial charge in [-0.25, -0.2) is 4.79 Å². The number of carbonyl (C=O) groups is 3. The summed E-state index contributed by atoms with van der Waals surface area (Å²) in [6, 6.07) is 8.84. The molecule has 2 saturated carbocycles. The standard InChI is InChI=1S/C29H34O5/c1-16(2)22-13-12-17(3)26(33-20(6)30)25-27(34-28(32)21-10-8-7-9-11-21)19(5)15-29(25)23(31)14-18(4)24(22)29/h7-11,14,19,22,24-27H,1,3,12-13,15H2,2,4-6H3/t19-,22+,24?,25?,26-,27-,29?/m0/s1. The predicted octanol–water partition coefficient (Wildman–Crippen LogP) is 5.47. The second kappa shape index (κ2) is 9.01. The van der Waals surface area contributed by atoms with Crippen molar-refractivity contribution >= 4 is 17.7 Å². The van der Waals surface area contributed by atoms with Crippen LogP contribution >= 0.6 is 0 Å². The molecule has 3 aliphatic carbocycles. The van der Waals surface area contributed by atoms with Crippen LogP contribution in [0.2, 0.25) is 0 Å². The first kappa shape index (κ1) is 24.2. The molecule has 1 spiro atoms. The average Bonchev–Trinajstić information content (AvgIpc) is 3.18. The van der Waals surface area contributed by atoms with E-state index in [2.05, 4.69) is 13.2 Å². The topological polar surface area (TPSA) is 69.7 Å². The van der Waals surface area contributed by atoms with Crippen molar-refractivity contribution in [3.05, 3.63) is 71.8 Å². The van der Waals surface area contributed by atoms with Gasteiger partial charge < -0.3 is 9.47 Å². The molecular weight excluding hydrogens is 428 g/mol. The smallest absolute Gasteiger partial charge is 0.338 e. The van der Waals surface area contributed by atoms with Gasteiger partial charge in [-0.15, -0.1) is 0 Å². The molecule has 5 nitrogen and oxygen atoms in total. The van der Waals surface area contributed by atoms with Crippen LogP contribution in [-0.4, -0.2) is 29.9 Å². The molecule has 3 unspecified atom stereocenters. The monoisotopic (exact) mass is 462 g/mol. The molecule has 0 radical (unpaired) electrons. The van der Waals surface area contributed by atoms with E-state index in [0.717, 1.165) is 23.1 Å². The Morgan fingerprint density at radius 3 is 2.41 bits per heavy atom. The minimum Gasteiger partial charge on any atom is -0.458 e. The Balaban J connectivity index is 1.85. The van der Waals surface area contributed by atoms with E-state index in [1.54, 1.807) is 30.3 Å². The van der Waals surface area contributed by atoms with Crippen molar-refractivity contribution in [1.29, 1.82) is 0 Å². The zero-order chi connectivity index (χ0) is 24.8. The molecule has 3 aliphatic rings. The highest BCUT2D eigenvalue weighted by atomic mass is 16.6. The lowest BCUT2D eigenvalue weighted by Gasteiger charge is -2.47. The van der Waals surface area contributed by atoms with Gasteiger partial charge in [-0.3, -0.25) is 9.59 Å². The van der Waals surface area contributed by atoms with E-state index in [-0.39, 0.29) is 23.5 Å². The van der Waals surface area contributed by atoms with Gasteiger partial charge in [0.25, 0.3) is 0 Å². The van der Waals surface area contributed by atoms with Gasteiger partial charge in [-0.05, 0) is 74.6 Å². The van der Waals surface area contributed by atoms with Gasteiger partial charge in [0.2, 0.25) is 0 Å². The molecule has 180 valence electrons. The molecule has 0 bridgehead atoms. The zero-order valence-corrected chi connectivity index (χ0v) is 20.5. The van der Waals surface area contributed by atoms with Crippen LogP contribution in [0.15, 0.2) is 66.3 Å². The second-order valence-corrected chi connectivity index (χ2v) is 10.4. The van der Waals surface area contributed by atoms with Gasteiger partial charge in [0.15, 0.2) is 5.78 Å². The molecule has 0 aromatic heterocycles. The summed E-state index contributed by atoms with van der Waals surface area (Å²) in [5, 5.41) is 0. The molecule has 1 aromatic carbocycles. The number of allylic oxidation sites excluding steroid dienone is 3. The molecule has 0 saturated heterocycles. The van der Waals surface area contributed by atoms with Crippen LogP contribution in [0.3, 0.4) is 0 Å². The highest BCUT2D eigenvalue weighted by Gasteiger charge is 2.67. The highest BCUT2D eigenvalue weighted by molar-refractivity contribution is 6.00. The molecule has 0 amide bonds. The normalized spacial score (nSPS) is 34.9. The Bertz CT molecular complexity index is 1070. The third-order valence-electron chi connectivity index (χ3n) is 8.12. The first-order valence-corrected chi connectivity index (χ1v) is 12.1. The first-order chi connectivity index (χ1) is 16.1. The Kier molecular flexibility index (Phi) is 6.41. The second-order valence-electron chi connectivity index (χ2n) is 10.4. The summed E-state index contributed by atoms with van der Waals surface area (Å²) in [4.78, 5) is 39.2. The molecular formula is C29H34O5. The van der Waals surface area contributed by atoms with Crippen LogP contribution in [0.5, 0.6) is 0 Å². The van der Waals surface area contributed by atoms with Crippen molar-refractivity contribution in [2.24, 2.45) is 29.1 Å². The Morgan fingerprint density at radius 2 is 1.79 bits per heavy atom. The Labute approximate surface area is 201 Å². The number of hydrogen-bond donors (Lipinski definition) is 0. The summed E-state index contributed by atoms with van der Waals surface area (Å²) in [5.41, 5.74) is 2.43. The van der Waals surface area contributed by atoms with E-state index >= 15 is 0 Å². The minimum absolute atomic E-state index is 0.0308.